The smallest absolute Gasteiger partial charge is 0.249 e. The van der Waals surface area contributed by atoms with Gasteiger partial charge in [0.05, 0.1) is 18.8 Å². The summed E-state index contributed by atoms with van der Waals surface area (Å²) in [7, 11) is 0. The average Bonchev–Trinajstić information content (AvgIpc) is 3.18. The van der Waals surface area contributed by atoms with Crippen LogP contribution in [0.5, 0.6) is 0 Å². The molecule has 4 atom stereocenters. The minimum atomic E-state index is -1.28. The third-order valence-electron chi connectivity index (χ3n) is 11.1. The maximum atomic E-state index is 12.5. The monoisotopic (exact) mass is 764 g/mol. The molecular formula is C48H93NO5. The SMILES string of the molecule is CCCCCCCCCCC/C=C\CCCCCCCCC(O)C(=O)NC(CO)C(O)C(O)CCC/C=C/CCCCCCCCCCCCCCCC. The fourth-order valence-corrected chi connectivity index (χ4v) is 7.34. The first-order valence-electron chi connectivity index (χ1n) is 23.7. The van der Waals surface area contributed by atoms with Gasteiger partial charge in [-0.3, -0.25) is 4.79 Å². The molecule has 0 fully saturated rings. The summed E-state index contributed by atoms with van der Waals surface area (Å²) in [5.74, 6) is -0.596. The molecule has 0 heterocycles. The lowest BCUT2D eigenvalue weighted by atomic mass is 10.00. The third-order valence-corrected chi connectivity index (χ3v) is 11.1. The molecule has 0 bridgehead atoms. The van der Waals surface area contributed by atoms with E-state index < -0.39 is 36.9 Å². The number of hydrogen-bond donors (Lipinski definition) is 5. The number of aliphatic hydroxyl groups excluding tert-OH is 4. The van der Waals surface area contributed by atoms with E-state index in [1.165, 1.54) is 173 Å². The lowest BCUT2D eigenvalue weighted by molar-refractivity contribution is -0.132. The zero-order chi connectivity index (χ0) is 39.6. The summed E-state index contributed by atoms with van der Waals surface area (Å²) in [6, 6.07) is -1.00. The molecule has 0 radical (unpaired) electrons. The van der Waals surface area contributed by atoms with Crippen LogP contribution in [0.2, 0.25) is 0 Å². The maximum Gasteiger partial charge on any atom is 0.249 e. The molecule has 320 valence electrons. The molecule has 1 amide bonds. The topological polar surface area (TPSA) is 110 Å². The Bertz CT molecular complexity index is 817. The molecule has 54 heavy (non-hydrogen) atoms. The number of allylic oxidation sites excluding steroid dienone is 4. The lowest BCUT2D eigenvalue weighted by Gasteiger charge is -2.27. The Kier molecular flexibility index (Phi) is 42.0. The number of nitrogens with one attached hydrogen (secondary N) is 1. The second-order valence-corrected chi connectivity index (χ2v) is 16.4. The van der Waals surface area contributed by atoms with Crippen LogP contribution in [-0.2, 0) is 4.79 Å². The second kappa shape index (κ2) is 42.9. The highest BCUT2D eigenvalue weighted by atomic mass is 16.3. The van der Waals surface area contributed by atoms with Crippen molar-refractivity contribution in [3.63, 3.8) is 0 Å². The predicted molar refractivity (Wildman–Crippen MR) is 233 cm³/mol. The van der Waals surface area contributed by atoms with Gasteiger partial charge in [-0.2, -0.15) is 0 Å². The summed E-state index contributed by atoms with van der Waals surface area (Å²) in [6.07, 6.45) is 49.3. The fraction of sp³-hybridized carbons (Fsp3) is 0.896. The summed E-state index contributed by atoms with van der Waals surface area (Å²) < 4.78 is 0. The van der Waals surface area contributed by atoms with E-state index in [9.17, 15) is 25.2 Å². The first-order valence-corrected chi connectivity index (χ1v) is 23.7. The van der Waals surface area contributed by atoms with Crippen molar-refractivity contribution in [2.75, 3.05) is 6.61 Å². The van der Waals surface area contributed by atoms with Gasteiger partial charge in [0.15, 0.2) is 0 Å². The molecule has 0 aromatic rings. The summed E-state index contributed by atoms with van der Waals surface area (Å²) >= 11 is 0. The van der Waals surface area contributed by atoms with Crippen molar-refractivity contribution in [2.45, 2.75) is 269 Å². The molecule has 4 unspecified atom stereocenters. The van der Waals surface area contributed by atoms with Gasteiger partial charge in [-0.15, -0.1) is 0 Å². The molecule has 0 aliphatic carbocycles. The van der Waals surface area contributed by atoms with Gasteiger partial charge in [0.2, 0.25) is 5.91 Å². The zero-order valence-electron chi connectivity index (χ0n) is 36.0. The summed E-state index contributed by atoms with van der Waals surface area (Å²) in [5.41, 5.74) is 0. The van der Waals surface area contributed by atoms with Gasteiger partial charge in [0, 0.05) is 0 Å². The third kappa shape index (κ3) is 36.4. The number of carbonyl (C=O) groups excluding carboxylic acids is 1. The van der Waals surface area contributed by atoms with Crippen LogP contribution in [0.15, 0.2) is 24.3 Å². The van der Waals surface area contributed by atoms with E-state index in [1.807, 2.05) is 0 Å². The zero-order valence-corrected chi connectivity index (χ0v) is 36.0. The molecule has 6 nitrogen and oxygen atoms in total. The summed E-state index contributed by atoms with van der Waals surface area (Å²) in [6.45, 7) is 4.05. The van der Waals surface area contributed by atoms with Crippen molar-refractivity contribution in [1.82, 2.24) is 5.32 Å². The van der Waals surface area contributed by atoms with Crippen LogP contribution in [0.25, 0.3) is 0 Å². The van der Waals surface area contributed by atoms with E-state index in [2.05, 4.69) is 43.5 Å². The van der Waals surface area contributed by atoms with Gasteiger partial charge in [0.25, 0.3) is 0 Å². The molecule has 5 N–H and O–H groups in total. The second-order valence-electron chi connectivity index (χ2n) is 16.4. The molecule has 0 aromatic heterocycles. The molecule has 0 aromatic carbocycles. The normalized spacial score (nSPS) is 14.3. The van der Waals surface area contributed by atoms with Gasteiger partial charge in [-0.05, 0) is 64.2 Å². The first kappa shape index (κ1) is 52.8. The van der Waals surface area contributed by atoms with Gasteiger partial charge < -0.3 is 25.7 Å². The fourth-order valence-electron chi connectivity index (χ4n) is 7.34. The number of carbonyl (C=O) groups is 1. The highest BCUT2D eigenvalue weighted by Gasteiger charge is 2.28. The van der Waals surface area contributed by atoms with Crippen molar-refractivity contribution < 1.29 is 25.2 Å². The van der Waals surface area contributed by atoms with E-state index in [0.717, 1.165) is 44.9 Å². The molecule has 0 spiro atoms. The number of aliphatic hydroxyl groups is 4. The van der Waals surface area contributed by atoms with E-state index in [1.54, 1.807) is 0 Å². The van der Waals surface area contributed by atoms with Crippen molar-refractivity contribution >= 4 is 5.91 Å². The number of rotatable bonds is 43. The molecule has 0 saturated carbocycles. The molecule has 0 aliphatic rings. The van der Waals surface area contributed by atoms with Gasteiger partial charge >= 0.3 is 0 Å². The van der Waals surface area contributed by atoms with Crippen LogP contribution in [0.3, 0.4) is 0 Å². The lowest BCUT2D eigenvalue weighted by Crippen LogP contribution is -2.53. The summed E-state index contributed by atoms with van der Waals surface area (Å²) in [4.78, 5) is 12.5. The van der Waals surface area contributed by atoms with Crippen LogP contribution in [0.4, 0.5) is 0 Å². The van der Waals surface area contributed by atoms with Crippen LogP contribution >= 0.6 is 0 Å². The Morgan fingerprint density at radius 1 is 0.444 bits per heavy atom. The van der Waals surface area contributed by atoms with Crippen molar-refractivity contribution in [3.8, 4) is 0 Å². The molecule has 0 saturated heterocycles. The van der Waals surface area contributed by atoms with Gasteiger partial charge in [-0.1, -0.05) is 205 Å². The van der Waals surface area contributed by atoms with Crippen LogP contribution in [0, 0.1) is 0 Å². The van der Waals surface area contributed by atoms with Crippen molar-refractivity contribution in [2.24, 2.45) is 0 Å². The Morgan fingerprint density at radius 2 is 0.759 bits per heavy atom. The quantitative estimate of drug-likeness (QED) is 0.0314. The van der Waals surface area contributed by atoms with E-state index in [4.69, 9.17) is 0 Å². The number of unbranched alkanes of at least 4 members (excludes halogenated alkanes) is 30. The highest BCUT2D eigenvalue weighted by molar-refractivity contribution is 5.80. The van der Waals surface area contributed by atoms with Gasteiger partial charge in [-0.25, -0.2) is 0 Å². The van der Waals surface area contributed by atoms with Crippen LogP contribution in [-0.4, -0.2) is 57.3 Å². The number of hydrogen-bond acceptors (Lipinski definition) is 5. The Morgan fingerprint density at radius 3 is 1.11 bits per heavy atom. The first-order chi connectivity index (χ1) is 26.5. The number of amides is 1. The van der Waals surface area contributed by atoms with Crippen molar-refractivity contribution in [3.05, 3.63) is 24.3 Å². The van der Waals surface area contributed by atoms with Crippen LogP contribution < -0.4 is 5.32 Å². The van der Waals surface area contributed by atoms with Gasteiger partial charge in [0.1, 0.15) is 12.2 Å². The van der Waals surface area contributed by atoms with E-state index in [0.29, 0.717) is 12.8 Å². The molecular weight excluding hydrogens is 671 g/mol. The Labute approximate surface area is 335 Å². The maximum absolute atomic E-state index is 12.5. The predicted octanol–water partition coefficient (Wildman–Crippen LogP) is 12.7. The largest absolute Gasteiger partial charge is 0.394 e. The highest BCUT2D eigenvalue weighted by Crippen LogP contribution is 2.16. The van der Waals surface area contributed by atoms with E-state index >= 15 is 0 Å². The molecule has 0 aliphatic heterocycles. The molecule has 0 rings (SSSR count). The molecule has 6 heteroatoms. The Hall–Kier alpha value is -1.21. The standard InChI is InChI=1S/C48H93NO5/c1-3-5-7-9-11-13-15-17-19-21-23-25-27-29-31-33-35-37-39-41-45(51)47(53)44(43-50)49-48(54)46(52)42-40-38-36-34-32-30-28-26-24-22-20-18-16-14-12-10-8-6-4-2/h24,26,33,35,44-47,50-53H,3-23,25,27-32,34,36-43H2,1-2H3,(H,49,54)/b26-24-,35-33+. The minimum Gasteiger partial charge on any atom is -0.394 e. The van der Waals surface area contributed by atoms with E-state index in [-0.39, 0.29) is 0 Å². The van der Waals surface area contributed by atoms with Crippen LogP contribution in [0.1, 0.15) is 245 Å². The van der Waals surface area contributed by atoms with Crippen molar-refractivity contribution in [1.29, 1.82) is 0 Å². The summed E-state index contributed by atoms with van der Waals surface area (Å²) in [5, 5.41) is 43.7. The average molecular weight is 764 g/mol. The minimum absolute atomic E-state index is 0.357. The Balaban J connectivity index is 3.75.